The lowest BCUT2D eigenvalue weighted by atomic mass is 9.96. The minimum Gasteiger partial charge on any atom is -0.391 e. The van der Waals surface area contributed by atoms with E-state index in [-0.39, 0.29) is 0 Å². The SMILES string of the molecule is CC(C)CC[C@H](O)[C@H](N)c1cc(F)cc(Cl)c1. The van der Waals surface area contributed by atoms with Gasteiger partial charge < -0.3 is 10.8 Å². The van der Waals surface area contributed by atoms with Gasteiger partial charge in [0, 0.05) is 5.02 Å². The third-order valence-corrected chi connectivity index (χ3v) is 2.94. The first-order valence-electron chi connectivity index (χ1n) is 5.79. The van der Waals surface area contributed by atoms with Gasteiger partial charge in [0.2, 0.25) is 0 Å². The minimum atomic E-state index is -0.671. The highest BCUT2D eigenvalue weighted by Gasteiger charge is 2.18. The number of aliphatic hydroxyl groups excluding tert-OH is 1. The van der Waals surface area contributed by atoms with Crippen LogP contribution in [0.2, 0.25) is 5.02 Å². The molecule has 2 atom stereocenters. The Bertz CT molecular complexity index is 350. The molecule has 1 aromatic rings. The van der Waals surface area contributed by atoms with Gasteiger partial charge in [0.1, 0.15) is 5.82 Å². The summed E-state index contributed by atoms with van der Waals surface area (Å²) in [5.74, 6) is 0.0759. The largest absolute Gasteiger partial charge is 0.391 e. The predicted octanol–water partition coefficient (Wildman–Crippen LogP) is 3.28. The van der Waals surface area contributed by atoms with Gasteiger partial charge in [0.05, 0.1) is 12.1 Å². The van der Waals surface area contributed by atoms with E-state index in [2.05, 4.69) is 13.8 Å². The fourth-order valence-corrected chi connectivity index (χ4v) is 1.90. The smallest absolute Gasteiger partial charge is 0.125 e. The van der Waals surface area contributed by atoms with E-state index in [9.17, 15) is 9.50 Å². The lowest BCUT2D eigenvalue weighted by Crippen LogP contribution is -2.26. The normalized spacial score (nSPS) is 15.0. The molecular formula is C13H19ClFNO. The zero-order valence-electron chi connectivity index (χ0n) is 10.2. The highest BCUT2D eigenvalue weighted by Crippen LogP contribution is 2.23. The molecule has 0 aromatic heterocycles. The van der Waals surface area contributed by atoms with Gasteiger partial charge in [0.15, 0.2) is 0 Å². The summed E-state index contributed by atoms with van der Waals surface area (Å²) in [4.78, 5) is 0. The summed E-state index contributed by atoms with van der Waals surface area (Å²) in [6, 6.07) is 3.53. The second-order valence-electron chi connectivity index (χ2n) is 4.77. The van der Waals surface area contributed by atoms with Crippen molar-refractivity contribution in [3.63, 3.8) is 0 Å². The van der Waals surface area contributed by atoms with Gasteiger partial charge in [-0.3, -0.25) is 0 Å². The van der Waals surface area contributed by atoms with Crippen LogP contribution in [0, 0.1) is 11.7 Å². The fourth-order valence-electron chi connectivity index (χ4n) is 1.67. The van der Waals surface area contributed by atoms with Crippen LogP contribution in [0.15, 0.2) is 18.2 Å². The minimum absolute atomic E-state index is 0.298. The molecular weight excluding hydrogens is 241 g/mol. The zero-order chi connectivity index (χ0) is 13.0. The third kappa shape index (κ3) is 4.62. The van der Waals surface area contributed by atoms with Crippen LogP contribution in [0.1, 0.15) is 38.3 Å². The Kier molecular flexibility index (Phi) is 5.37. The number of benzene rings is 1. The van der Waals surface area contributed by atoms with Gasteiger partial charge in [-0.1, -0.05) is 25.4 Å². The fraction of sp³-hybridized carbons (Fsp3) is 0.538. The van der Waals surface area contributed by atoms with Crippen molar-refractivity contribution in [2.75, 3.05) is 0 Å². The van der Waals surface area contributed by atoms with E-state index in [1.165, 1.54) is 12.1 Å². The molecule has 0 fully saturated rings. The summed E-state index contributed by atoms with van der Waals surface area (Å²) < 4.78 is 13.1. The van der Waals surface area contributed by atoms with Crippen LogP contribution < -0.4 is 5.73 Å². The average Bonchev–Trinajstić information content (AvgIpc) is 2.23. The molecule has 4 heteroatoms. The molecule has 0 heterocycles. The number of hydrogen-bond donors (Lipinski definition) is 2. The van der Waals surface area contributed by atoms with E-state index in [0.717, 1.165) is 6.42 Å². The molecule has 1 rings (SSSR count). The molecule has 0 saturated heterocycles. The van der Waals surface area contributed by atoms with Crippen LogP contribution in [0.4, 0.5) is 4.39 Å². The molecule has 1 aromatic carbocycles. The Hall–Kier alpha value is -0.640. The third-order valence-electron chi connectivity index (χ3n) is 2.72. The summed E-state index contributed by atoms with van der Waals surface area (Å²) in [5, 5.41) is 10.2. The van der Waals surface area contributed by atoms with Crippen LogP contribution in [-0.4, -0.2) is 11.2 Å². The molecule has 17 heavy (non-hydrogen) atoms. The summed E-state index contributed by atoms with van der Waals surface area (Å²) in [6.45, 7) is 4.16. The number of aliphatic hydroxyl groups is 1. The maximum absolute atomic E-state index is 13.1. The molecule has 0 radical (unpaired) electrons. The number of nitrogens with two attached hydrogens (primary N) is 1. The Morgan fingerprint density at radius 2 is 1.94 bits per heavy atom. The number of halogens is 2. The monoisotopic (exact) mass is 259 g/mol. The maximum atomic E-state index is 13.1. The van der Waals surface area contributed by atoms with E-state index in [0.29, 0.717) is 22.9 Å². The summed E-state index contributed by atoms with van der Waals surface area (Å²) in [6.07, 6.45) is 0.820. The lowest BCUT2D eigenvalue weighted by Gasteiger charge is -2.20. The summed E-state index contributed by atoms with van der Waals surface area (Å²) >= 11 is 5.75. The van der Waals surface area contributed by atoms with Crippen molar-refractivity contribution in [3.05, 3.63) is 34.6 Å². The Morgan fingerprint density at radius 1 is 1.29 bits per heavy atom. The second-order valence-corrected chi connectivity index (χ2v) is 5.20. The molecule has 0 spiro atoms. The first-order valence-corrected chi connectivity index (χ1v) is 6.17. The quantitative estimate of drug-likeness (QED) is 0.853. The summed E-state index contributed by atoms with van der Waals surface area (Å²) in [5.41, 5.74) is 6.42. The van der Waals surface area contributed by atoms with E-state index >= 15 is 0 Å². The first kappa shape index (κ1) is 14.4. The first-order chi connectivity index (χ1) is 7.90. The van der Waals surface area contributed by atoms with Crippen molar-refractivity contribution < 1.29 is 9.50 Å². The van der Waals surface area contributed by atoms with Crippen LogP contribution in [0.3, 0.4) is 0 Å². The van der Waals surface area contributed by atoms with Crippen LogP contribution >= 0.6 is 11.6 Å². The standard InChI is InChI=1S/C13H19ClFNO/c1-8(2)3-4-12(17)13(16)9-5-10(14)7-11(15)6-9/h5-8,12-13,17H,3-4,16H2,1-2H3/t12-,13+/m0/s1. The topological polar surface area (TPSA) is 46.2 Å². The highest BCUT2D eigenvalue weighted by atomic mass is 35.5. The molecule has 0 aliphatic heterocycles. The van der Waals surface area contributed by atoms with Gasteiger partial charge in [-0.2, -0.15) is 0 Å². The van der Waals surface area contributed by atoms with E-state index < -0.39 is 18.0 Å². The number of hydrogen-bond acceptors (Lipinski definition) is 2. The van der Waals surface area contributed by atoms with Crippen molar-refractivity contribution in [2.24, 2.45) is 11.7 Å². The van der Waals surface area contributed by atoms with Gasteiger partial charge in [-0.15, -0.1) is 0 Å². The maximum Gasteiger partial charge on any atom is 0.125 e. The van der Waals surface area contributed by atoms with Crippen LogP contribution in [0.5, 0.6) is 0 Å². The molecule has 0 bridgehead atoms. The molecule has 3 N–H and O–H groups in total. The van der Waals surface area contributed by atoms with Crippen molar-refractivity contribution in [3.8, 4) is 0 Å². The molecule has 0 unspecified atom stereocenters. The van der Waals surface area contributed by atoms with E-state index in [1.54, 1.807) is 6.07 Å². The highest BCUT2D eigenvalue weighted by molar-refractivity contribution is 6.30. The predicted molar refractivity (Wildman–Crippen MR) is 68.4 cm³/mol. The molecule has 2 nitrogen and oxygen atoms in total. The molecule has 0 saturated carbocycles. The van der Waals surface area contributed by atoms with Crippen molar-refractivity contribution in [1.29, 1.82) is 0 Å². The molecule has 0 amide bonds. The number of rotatable bonds is 5. The Balaban J connectivity index is 2.70. The zero-order valence-corrected chi connectivity index (χ0v) is 10.9. The van der Waals surface area contributed by atoms with Crippen LogP contribution in [0.25, 0.3) is 0 Å². The van der Waals surface area contributed by atoms with Crippen molar-refractivity contribution >= 4 is 11.6 Å². The van der Waals surface area contributed by atoms with E-state index in [1.807, 2.05) is 0 Å². The average molecular weight is 260 g/mol. The Labute approximate surface area is 107 Å². The van der Waals surface area contributed by atoms with Gasteiger partial charge in [0.25, 0.3) is 0 Å². The molecule has 96 valence electrons. The van der Waals surface area contributed by atoms with Gasteiger partial charge in [-0.25, -0.2) is 4.39 Å². The second kappa shape index (κ2) is 6.34. The molecule has 0 aliphatic carbocycles. The van der Waals surface area contributed by atoms with Crippen LogP contribution in [-0.2, 0) is 0 Å². The molecule has 0 aliphatic rings. The van der Waals surface area contributed by atoms with E-state index in [4.69, 9.17) is 17.3 Å². The van der Waals surface area contributed by atoms with Gasteiger partial charge >= 0.3 is 0 Å². The van der Waals surface area contributed by atoms with Crippen molar-refractivity contribution in [2.45, 2.75) is 38.8 Å². The van der Waals surface area contributed by atoms with Gasteiger partial charge in [-0.05, 0) is 42.5 Å². The summed E-state index contributed by atoms with van der Waals surface area (Å²) in [7, 11) is 0. The lowest BCUT2D eigenvalue weighted by molar-refractivity contribution is 0.128. The Morgan fingerprint density at radius 3 is 2.47 bits per heavy atom. The van der Waals surface area contributed by atoms with Crippen molar-refractivity contribution in [1.82, 2.24) is 0 Å².